The molecule has 1 amide bonds. The van der Waals surface area contributed by atoms with E-state index in [4.69, 9.17) is 26.4 Å². The van der Waals surface area contributed by atoms with Crippen molar-refractivity contribution in [2.24, 2.45) is 0 Å². The molecule has 0 aromatic heterocycles. The molecule has 0 saturated carbocycles. The monoisotopic (exact) mass is 416 g/mol. The zero-order valence-electron chi connectivity index (χ0n) is 17.1. The predicted molar refractivity (Wildman–Crippen MR) is 119 cm³/mol. The Bertz CT molecular complexity index is 796. The van der Waals surface area contributed by atoms with Crippen molar-refractivity contribution in [2.45, 2.75) is 33.3 Å². The van der Waals surface area contributed by atoms with Crippen LogP contribution in [0.25, 0.3) is 0 Å². The quantitative estimate of drug-likeness (QED) is 0.442. The minimum absolute atomic E-state index is 0.160. The van der Waals surface area contributed by atoms with Crippen LogP contribution in [0.4, 0.5) is 5.69 Å². The first-order valence-electron chi connectivity index (χ1n) is 9.71. The van der Waals surface area contributed by atoms with Crippen molar-refractivity contribution in [2.75, 3.05) is 25.1 Å². The van der Waals surface area contributed by atoms with Crippen molar-refractivity contribution >= 4 is 28.9 Å². The molecule has 0 aliphatic carbocycles. The van der Waals surface area contributed by atoms with Gasteiger partial charge in [0.05, 0.1) is 12.7 Å². The van der Waals surface area contributed by atoms with Gasteiger partial charge in [-0.3, -0.25) is 10.1 Å². The third-order valence-corrected chi connectivity index (χ3v) is 4.25. The molecule has 0 fully saturated rings. The molecule has 2 aromatic carbocycles. The maximum atomic E-state index is 12.4. The summed E-state index contributed by atoms with van der Waals surface area (Å²) in [6.45, 7) is 7.60. The number of rotatable bonds is 10. The lowest BCUT2D eigenvalue weighted by Gasteiger charge is -2.14. The van der Waals surface area contributed by atoms with Gasteiger partial charge in [0.1, 0.15) is 18.1 Å². The summed E-state index contributed by atoms with van der Waals surface area (Å²) in [6.07, 6.45) is 1.10. The molecule has 0 bridgehead atoms. The number of carbonyl (C=O) groups is 1. The topological polar surface area (TPSA) is 68.8 Å². The van der Waals surface area contributed by atoms with Gasteiger partial charge in [0.15, 0.2) is 5.11 Å². The minimum atomic E-state index is -0.311. The van der Waals surface area contributed by atoms with Gasteiger partial charge in [-0.25, -0.2) is 0 Å². The molecule has 0 aliphatic rings. The maximum absolute atomic E-state index is 12.4. The number of anilines is 1. The van der Waals surface area contributed by atoms with Gasteiger partial charge in [0, 0.05) is 17.9 Å². The number of carbonyl (C=O) groups excluding carboxylic acids is 1. The van der Waals surface area contributed by atoms with E-state index in [1.54, 1.807) is 24.3 Å². The fraction of sp³-hybridized carbons (Fsp3) is 0.364. The second-order valence-electron chi connectivity index (χ2n) is 6.34. The number of amides is 1. The first kappa shape index (κ1) is 22.6. The van der Waals surface area contributed by atoms with Crippen LogP contribution in [0.15, 0.2) is 48.5 Å². The second kappa shape index (κ2) is 12.0. The number of ether oxygens (including phenoxy) is 3. The van der Waals surface area contributed by atoms with Crippen molar-refractivity contribution in [3.05, 3.63) is 54.1 Å². The molecule has 7 heteroatoms. The molecular formula is C22H28N2O4S. The lowest BCUT2D eigenvalue weighted by Crippen LogP contribution is -2.34. The second-order valence-corrected chi connectivity index (χ2v) is 6.75. The molecule has 1 unspecified atom stereocenters. The average Bonchev–Trinajstić information content (AvgIpc) is 2.72. The van der Waals surface area contributed by atoms with Gasteiger partial charge in [0.25, 0.3) is 5.91 Å². The first-order valence-corrected chi connectivity index (χ1v) is 10.1. The highest BCUT2D eigenvalue weighted by Crippen LogP contribution is 2.18. The van der Waals surface area contributed by atoms with E-state index in [1.165, 1.54) is 0 Å². The maximum Gasteiger partial charge on any atom is 0.257 e. The number of hydrogen-bond acceptors (Lipinski definition) is 5. The number of thiocarbonyl (C=S) groups is 1. The van der Waals surface area contributed by atoms with E-state index >= 15 is 0 Å². The third-order valence-electron chi connectivity index (χ3n) is 4.05. The molecular weight excluding hydrogens is 388 g/mol. The molecule has 1 atom stereocenters. The van der Waals surface area contributed by atoms with Gasteiger partial charge >= 0.3 is 0 Å². The summed E-state index contributed by atoms with van der Waals surface area (Å²) in [7, 11) is 0. The zero-order valence-corrected chi connectivity index (χ0v) is 17.9. The number of hydrogen-bond donors (Lipinski definition) is 2. The molecule has 0 spiro atoms. The summed E-state index contributed by atoms with van der Waals surface area (Å²) >= 11 is 5.24. The van der Waals surface area contributed by atoms with E-state index < -0.39 is 0 Å². The SMILES string of the molecule is CCOCCOc1cccc(C(=O)NC(=S)Nc2ccc(OC(C)CC)cc2)c1. The van der Waals surface area contributed by atoms with E-state index in [1.807, 2.05) is 38.1 Å². The molecule has 2 rings (SSSR count). The van der Waals surface area contributed by atoms with Crippen LogP contribution in [0.2, 0.25) is 0 Å². The van der Waals surface area contributed by atoms with Gasteiger partial charge < -0.3 is 19.5 Å². The fourth-order valence-corrected chi connectivity index (χ4v) is 2.57. The lowest BCUT2D eigenvalue weighted by atomic mass is 10.2. The highest BCUT2D eigenvalue weighted by molar-refractivity contribution is 7.80. The smallest absolute Gasteiger partial charge is 0.257 e. The Morgan fingerprint density at radius 2 is 1.83 bits per heavy atom. The largest absolute Gasteiger partial charge is 0.491 e. The molecule has 6 nitrogen and oxygen atoms in total. The molecule has 2 aromatic rings. The lowest BCUT2D eigenvalue weighted by molar-refractivity contribution is 0.0976. The Labute approximate surface area is 177 Å². The third kappa shape index (κ3) is 8.09. The van der Waals surface area contributed by atoms with E-state index in [0.29, 0.717) is 31.1 Å². The molecule has 0 aliphatic heterocycles. The summed E-state index contributed by atoms with van der Waals surface area (Å²) < 4.78 is 16.6. The Morgan fingerprint density at radius 3 is 2.52 bits per heavy atom. The van der Waals surface area contributed by atoms with Crippen LogP contribution in [0.3, 0.4) is 0 Å². The van der Waals surface area contributed by atoms with E-state index in [0.717, 1.165) is 17.9 Å². The van der Waals surface area contributed by atoms with Gasteiger partial charge in [-0.1, -0.05) is 13.0 Å². The standard InChI is InChI=1S/C22H28N2O4S/c1-4-16(3)28-19-11-9-18(10-12-19)23-22(29)24-21(25)17-7-6-8-20(15-17)27-14-13-26-5-2/h6-12,15-16H,4-5,13-14H2,1-3H3,(H2,23,24,25,29). The fourth-order valence-electron chi connectivity index (χ4n) is 2.36. The normalized spacial score (nSPS) is 11.4. The van der Waals surface area contributed by atoms with Gasteiger partial charge in [-0.15, -0.1) is 0 Å². The first-order chi connectivity index (χ1) is 14.0. The molecule has 29 heavy (non-hydrogen) atoms. The molecule has 156 valence electrons. The van der Waals surface area contributed by atoms with Crippen LogP contribution in [-0.4, -0.2) is 36.9 Å². The molecule has 2 N–H and O–H groups in total. The van der Waals surface area contributed by atoms with Crippen LogP contribution in [0.5, 0.6) is 11.5 Å². The van der Waals surface area contributed by atoms with Crippen LogP contribution in [0.1, 0.15) is 37.6 Å². The van der Waals surface area contributed by atoms with Gasteiger partial charge in [0.2, 0.25) is 0 Å². The highest BCUT2D eigenvalue weighted by Gasteiger charge is 2.09. The average molecular weight is 417 g/mol. The van der Waals surface area contributed by atoms with Crippen molar-refractivity contribution in [3.8, 4) is 11.5 Å². The molecule has 0 saturated heterocycles. The summed E-state index contributed by atoms with van der Waals surface area (Å²) in [5.41, 5.74) is 1.22. The van der Waals surface area contributed by atoms with Gasteiger partial charge in [-0.05, 0) is 75.0 Å². The van der Waals surface area contributed by atoms with Crippen LogP contribution in [-0.2, 0) is 4.74 Å². The van der Waals surface area contributed by atoms with Crippen molar-refractivity contribution in [3.63, 3.8) is 0 Å². The molecule has 0 heterocycles. The summed E-state index contributed by atoms with van der Waals surface area (Å²) in [4.78, 5) is 12.4. The van der Waals surface area contributed by atoms with E-state index in [9.17, 15) is 4.79 Å². The molecule has 0 radical (unpaired) electrons. The Balaban J connectivity index is 1.86. The van der Waals surface area contributed by atoms with E-state index in [2.05, 4.69) is 17.6 Å². The minimum Gasteiger partial charge on any atom is -0.491 e. The number of nitrogens with one attached hydrogen (secondary N) is 2. The van der Waals surface area contributed by atoms with Crippen molar-refractivity contribution in [1.82, 2.24) is 5.32 Å². The van der Waals surface area contributed by atoms with Crippen LogP contribution in [0, 0.1) is 0 Å². The highest BCUT2D eigenvalue weighted by atomic mass is 32.1. The van der Waals surface area contributed by atoms with Crippen molar-refractivity contribution in [1.29, 1.82) is 0 Å². The number of benzene rings is 2. The van der Waals surface area contributed by atoms with E-state index in [-0.39, 0.29) is 17.1 Å². The summed E-state index contributed by atoms with van der Waals surface area (Å²) in [5, 5.41) is 5.89. The predicted octanol–water partition coefficient (Wildman–Crippen LogP) is 4.41. The van der Waals surface area contributed by atoms with Gasteiger partial charge in [-0.2, -0.15) is 0 Å². The Hall–Kier alpha value is -2.64. The van der Waals surface area contributed by atoms with Crippen LogP contribution >= 0.6 is 12.2 Å². The zero-order chi connectivity index (χ0) is 21.1. The Morgan fingerprint density at radius 1 is 1.07 bits per heavy atom. The van der Waals surface area contributed by atoms with Crippen LogP contribution < -0.4 is 20.1 Å². The Kier molecular flexibility index (Phi) is 9.40. The van der Waals surface area contributed by atoms with Crippen molar-refractivity contribution < 1.29 is 19.0 Å². The summed E-state index contributed by atoms with van der Waals surface area (Å²) in [5.74, 6) is 1.09. The summed E-state index contributed by atoms with van der Waals surface area (Å²) in [6, 6.07) is 14.4.